The maximum Gasteiger partial charge on any atom is 0.272 e. The van der Waals surface area contributed by atoms with Gasteiger partial charge in [-0.2, -0.15) is 5.10 Å². The molecule has 0 radical (unpaired) electrons. The number of piperidine rings is 1. The normalized spacial score (nSPS) is 26.7. The van der Waals surface area contributed by atoms with E-state index < -0.39 is 0 Å². The molecule has 2 aliphatic rings. The summed E-state index contributed by atoms with van der Waals surface area (Å²) in [6.07, 6.45) is 8.24. The number of carbonyl (C=O) groups excluding carboxylic acids is 2. The van der Waals surface area contributed by atoms with E-state index in [1.807, 2.05) is 0 Å². The topological polar surface area (TPSA) is 93.1 Å². The van der Waals surface area contributed by atoms with Gasteiger partial charge in [-0.25, -0.2) is 4.68 Å². The van der Waals surface area contributed by atoms with Gasteiger partial charge in [0, 0.05) is 19.5 Å². The maximum atomic E-state index is 12.5. The Labute approximate surface area is 140 Å². The van der Waals surface area contributed by atoms with Crippen LogP contribution in [0.1, 0.15) is 42.6 Å². The van der Waals surface area contributed by atoms with Crippen LogP contribution in [0.25, 0.3) is 0 Å². The number of carbonyl (C=O) groups is 2. The van der Waals surface area contributed by atoms with Crippen LogP contribution >= 0.6 is 0 Å². The summed E-state index contributed by atoms with van der Waals surface area (Å²) in [5, 5.41) is 10.0. The predicted molar refractivity (Wildman–Crippen MR) is 88.4 cm³/mol. The first-order valence-corrected chi connectivity index (χ1v) is 8.34. The second-order valence-corrected chi connectivity index (χ2v) is 6.44. The minimum atomic E-state index is -0.317. The number of nitrogens with zero attached hydrogens (tertiary/aromatic N) is 2. The first-order valence-electron chi connectivity index (χ1n) is 8.34. The Morgan fingerprint density at radius 1 is 1.29 bits per heavy atom. The van der Waals surface area contributed by atoms with Gasteiger partial charge in [0.15, 0.2) is 0 Å². The van der Waals surface area contributed by atoms with Gasteiger partial charge in [-0.1, -0.05) is 12.2 Å². The molecule has 0 aromatic carbocycles. The maximum absolute atomic E-state index is 12.5. The minimum Gasteiger partial charge on any atom is -0.351 e. The van der Waals surface area contributed by atoms with Crippen molar-refractivity contribution in [3.8, 4) is 0 Å². The van der Waals surface area contributed by atoms with Gasteiger partial charge in [-0.15, -0.1) is 0 Å². The van der Waals surface area contributed by atoms with Crippen molar-refractivity contribution in [1.29, 1.82) is 0 Å². The molecule has 0 spiro atoms. The average Bonchev–Trinajstić information content (AvgIpc) is 2.59. The molecule has 3 atom stereocenters. The lowest BCUT2D eigenvalue weighted by molar-refractivity contribution is -0.124. The monoisotopic (exact) mass is 330 g/mol. The Bertz CT molecular complexity index is 725. The highest BCUT2D eigenvalue weighted by Crippen LogP contribution is 2.27. The Morgan fingerprint density at radius 2 is 2.12 bits per heavy atom. The number of aromatic nitrogens is 2. The lowest BCUT2D eigenvalue weighted by Gasteiger charge is -2.38. The van der Waals surface area contributed by atoms with Crippen LogP contribution in [0.2, 0.25) is 0 Å². The van der Waals surface area contributed by atoms with E-state index in [2.05, 4.69) is 27.9 Å². The first kappa shape index (κ1) is 16.4. The highest BCUT2D eigenvalue weighted by atomic mass is 16.2. The number of hydrogen-bond acceptors (Lipinski definition) is 4. The summed E-state index contributed by atoms with van der Waals surface area (Å²) in [4.78, 5) is 35.7. The first-order chi connectivity index (χ1) is 11.5. The Balaban J connectivity index is 1.74. The van der Waals surface area contributed by atoms with Gasteiger partial charge in [-0.05, 0) is 37.7 Å². The molecule has 1 unspecified atom stereocenters. The van der Waals surface area contributed by atoms with Crippen LogP contribution in [0.3, 0.4) is 0 Å². The zero-order chi connectivity index (χ0) is 17.1. The lowest BCUT2D eigenvalue weighted by atomic mass is 9.81. The van der Waals surface area contributed by atoms with Crippen LogP contribution in [-0.4, -0.2) is 33.7 Å². The van der Waals surface area contributed by atoms with E-state index in [-0.39, 0.29) is 35.2 Å². The summed E-state index contributed by atoms with van der Waals surface area (Å²) in [6.45, 7) is 0. The SMILES string of the molecule is Cn1nc(C(=O)N[C@@H]2CCC(=O)N[C@H]2C2CC=CCC2)ccc1=O. The van der Waals surface area contributed by atoms with Gasteiger partial charge in [0.05, 0.1) is 12.1 Å². The molecule has 1 fully saturated rings. The van der Waals surface area contributed by atoms with Crippen LogP contribution in [-0.2, 0) is 11.8 Å². The molecule has 1 aromatic heterocycles. The molecule has 24 heavy (non-hydrogen) atoms. The fourth-order valence-corrected chi connectivity index (χ4v) is 3.44. The van der Waals surface area contributed by atoms with E-state index in [0.29, 0.717) is 18.8 Å². The van der Waals surface area contributed by atoms with Crippen LogP contribution in [0, 0.1) is 5.92 Å². The molecule has 7 heteroatoms. The summed E-state index contributed by atoms with van der Waals surface area (Å²) in [5.41, 5.74) is -0.0559. The lowest BCUT2D eigenvalue weighted by Crippen LogP contribution is -2.58. The second-order valence-electron chi connectivity index (χ2n) is 6.44. The van der Waals surface area contributed by atoms with Gasteiger partial charge in [0.25, 0.3) is 11.5 Å². The number of rotatable bonds is 3. The summed E-state index contributed by atoms with van der Waals surface area (Å²) in [7, 11) is 1.51. The largest absolute Gasteiger partial charge is 0.351 e. The zero-order valence-corrected chi connectivity index (χ0v) is 13.7. The summed E-state index contributed by atoms with van der Waals surface area (Å²) in [6, 6.07) is 2.57. The molecule has 1 saturated heterocycles. The Kier molecular flexibility index (Phi) is 4.78. The molecular formula is C17H22N4O3. The smallest absolute Gasteiger partial charge is 0.272 e. The molecule has 3 rings (SSSR count). The third kappa shape index (κ3) is 3.55. The highest BCUT2D eigenvalue weighted by Gasteiger charge is 2.35. The van der Waals surface area contributed by atoms with Crippen molar-refractivity contribution in [2.24, 2.45) is 13.0 Å². The standard InChI is InChI=1S/C17H22N4O3/c1-21-15(23)10-8-13(20-21)17(24)18-12-7-9-14(22)19-16(12)11-5-3-2-4-6-11/h2-3,8,10-12,16H,4-7,9H2,1H3,(H,18,24)(H,19,22)/t11?,12-,16+/m1/s1. The molecule has 1 aliphatic carbocycles. The quantitative estimate of drug-likeness (QED) is 0.790. The third-order valence-corrected chi connectivity index (χ3v) is 4.77. The van der Waals surface area contributed by atoms with E-state index in [0.717, 1.165) is 23.9 Å². The van der Waals surface area contributed by atoms with Crippen molar-refractivity contribution in [3.05, 3.63) is 40.3 Å². The van der Waals surface area contributed by atoms with E-state index in [4.69, 9.17) is 0 Å². The van der Waals surface area contributed by atoms with Crippen molar-refractivity contribution < 1.29 is 9.59 Å². The Morgan fingerprint density at radius 3 is 2.83 bits per heavy atom. The molecule has 2 heterocycles. The number of amides is 2. The predicted octanol–water partition coefficient (Wildman–Crippen LogP) is 0.514. The highest BCUT2D eigenvalue weighted by molar-refractivity contribution is 5.92. The van der Waals surface area contributed by atoms with Crippen molar-refractivity contribution in [2.75, 3.05) is 0 Å². The fraction of sp³-hybridized carbons (Fsp3) is 0.529. The van der Waals surface area contributed by atoms with Crippen molar-refractivity contribution in [2.45, 2.75) is 44.2 Å². The number of aryl methyl sites for hydroxylation is 1. The number of hydrogen-bond donors (Lipinski definition) is 2. The molecule has 0 saturated carbocycles. The molecule has 128 valence electrons. The van der Waals surface area contributed by atoms with Crippen LogP contribution in [0.15, 0.2) is 29.1 Å². The van der Waals surface area contributed by atoms with E-state index in [1.54, 1.807) is 0 Å². The zero-order valence-electron chi connectivity index (χ0n) is 13.7. The van der Waals surface area contributed by atoms with Crippen LogP contribution in [0.5, 0.6) is 0 Å². The van der Waals surface area contributed by atoms with E-state index >= 15 is 0 Å². The fourth-order valence-electron chi connectivity index (χ4n) is 3.44. The van der Waals surface area contributed by atoms with Gasteiger partial charge >= 0.3 is 0 Å². The van der Waals surface area contributed by atoms with E-state index in [9.17, 15) is 14.4 Å². The van der Waals surface area contributed by atoms with Gasteiger partial charge in [0.1, 0.15) is 5.69 Å². The van der Waals surface area contributed by atoms with Crippen molar-refractivity contribution in [3.63, 3.8) is 0 Å². The second kappa shape index (κ2) is 6.98. The average molecular weight is 330 g/mol. The van der Waals surface area contributed by atoms with E-state index in [1.165, 1.54) is 19.2 Å². The molecule has 1 aromatic rings. The summed E-state index contributed by atoms with van der Waals surface area (Å²) in [5.74, 6) is 0.0565. The van der Waals surface area contributed by atoms with Gasteiger partial charge < -0.3 is 10.6 Å². The Hall–Kier alpha value is -2.44. The molecule has 1 aliphatic heterocycles. The van der Waals surface area contributed by atoms with Gasteiger partial charge in [-0.3, -0.25) is 14.4 Å². The number of allylic oxidation sites excluding steroid dienone is 2. The molecule has 0 bridgehead atoms. The molecule has 2 N–H and O–H groups in total. The van der Waals surface area contributed by atoms with Crippen LogP contribution < -0.4 is 16.2 Å². The van der Waals surface area contributed by atoms with Crippen molar-refractivity contribution in [1.82, 2.24) is 20.4 Å². The summed E-state index contributed by atoms with van der Waals surface area (Å²) < 4.78 is 1.14. The number of nitrogens with one attached hydrogen (secondary N) is 2. The van der Waals surface area contributed by atoms with Crippen LogP contribution in [0.4, 0.5) is 0 Å². The van der Waals surface area contributed by atoms with Gasteiger partial charge in [0.2, 0.25) is 5.91 Å². The van der Waals surface area contributed by atoms with Crippen molar-refractivity contribution >= 4 is 11.8 Å². The molecule has 7 nitrogen and oxygen atoms in total. The molecule has 2 amide bonds. The minimum absolute atomic E-state index is 0.0419. The third-order valence-electron chi connectivity index (χ3n) is 4.77. The summed E-state index contributed by atoms with van der Waals surface area (Å²) >= 11 is 0. The molecular weight excluding hydrogens is 308 g/mol.